The van der Waals surface area contributed by atoms with Crippen molar-refractivity contribution in [1.82, 2.24) is 4.57 Å². The first-order valence-electron chi connectivity index (χ1n) is 6.68. The molecule has 0 aliphatic rings. The third-order valence-electron chi connectivity index (χ3n) is 3.04. The van der Waals surface area contributed by atoms with E-state index in [2.05, 4.69) is 0 Å². The van der Waals surface area contributed by atoms with Crippen molar-refractivity contribution in [3.05, 3.63) is 30.2 Å². The van der Waals surface area contributed by atoms with Crippen LogP contribution in [-0.2, 0) is 21.3 Å². The fourth-order valence-corrected chi connectivity index (χ4v) is 2.87. The zero-order valence-corrected chi connectivity index (χ0v) is 12.9. The van der Waals surface area contributed by atoms with Gasteiger partial charge in [0.05, 0.1) is 6.61 Å². The van der Waals surface area contributed by atoms with Crippen LogP contribution in [0.5, 0.6) is 0 Å². The molecule has 0 saturated heterocycles. The Labute approximate surface area is 123 Å². The van der Waals surface area contributed by atoms with E-state index in [-0.39, 0.29) is 4.90 Å². The SMILES string of the molecule is CC(C)COCCn1cc(S(N)(=O)=O)c2cc(F)ccc21. The molecule has 21 heavy (non-hydrogen) atoms. The largest absolute Gasteiger partial charge is 0.379 e. The first kappa shape index (κ1) is 15.9. The second-order valence-corrected chi connectivity index (χ2v) is 6.89. The number of aromatic nitrogens is 1. The van der Waals surface area contributed by atoms with Gasteiger partial charge in [-0.15, -0.1) is 0 Å². The zero-order valence-electron chi connectivity index (χ0n) is 12.0. The number of rotatable bonds is 6. The highest BCUT2D eigenvalue weighted by molar-refractivity contribution is 7.89. The highest BCUT2D eigenvalue weighted by Crippen LogP contribution is 2.25. The molecule has 0 spiro atoms. The molecule has 1 aromatic carbocycles. The number of hydrogen-bond donors (Lipinski definition) is 1. The smallest absolute Gasteiger partial charge is 0.240 e. The first-order valence-corrected chi connectivity index (χ1v) is 8.22. The minimum absolute atomic E-state index is 0.0686. The van der Waals surface area contributed by atoms with E-state index in [4.69, 9.17) is 9.88 Å². The van der Waals surface area contributed by atoms with Crippen LogP contribution in [0.2, 0.25) is 0 Å². The molecular weight excluding hydrogens is 295 g/mol. The van der Waals surface area contributed by atoms with Crippen molar-refractivity contribution in [2.24, 2.45) is 11.1 Å². The van der Waals surface area contributed by atoms with Crippen LogP contribution in [0.25, 0.3) is 10.9 Å². The highest BCUT2D eigenvalue weighted by Gasteiger charge is 2.17. The van der Waals surface area contributed by atoms with Crippen molar-refractivity contribution >= 4 is 20.9 Å². The van der Waals surface area contributed by atoms with E-state index in [1.807, 2.05) is 13.8 Å². The molecule has 0 unspecified atom stereocenters. The Kier molecular flexibility index (Phi) is 4.65. The molecular formula is C14H19FN2O3S. The van der Waals surface area contributed by atoms with Crippen molar-refractivity contribution in [3.8, 4) is 0 Å². The summed E-state index contributed by atoms with van der Waals surface area (Å²) < 4.78 is 43.8. The van der Waals surface area contributed by atoms with Crippen LogP contribution in [0.1, 0.15) is 13.8 Å². The standard InChI is InChI=1S/C14H19FN2O3S/c1-10(2)9-20-6-5-17-8-14(21(16,18)19)12-7-11(15)3-4-13(12)17/h3-4,7-8,10H,5-6,9H2,1-2H3,(H2,16,18,19). The Morgan fingerprint density at radius 1 is 1.38 bits per heavy atom. The molecule has 0 saturated carbocycles. The minimum atomic E-state index is -3.90. The molecule has 7 heteroatoms. The van der Waals surface area contributed by atoms with E-state index in [1.165, 1.54) is 18.3 Å². The molecule has 0 atom stereocenters. The van der Waals surface area contributed by atoms with E-state index in [0.717, 1.165) is 0 Å². The van der Waals surface area contributed by atoms with Gasteiger partial charge in [0.2, 0.25) is 10.0 Å². The highest BCUT2D eigenvalue weighted by atomic mass is 32.2. The summed E-state index contributed by atoms with van der Waals surface area (Å²) in [6.45, 7) is 5.66. The minimum Gasteiger partial charge on any atom is -0.379 e. The van der Waals surface area contributed by atoms with Crippen LogP contribution in [-0.4, -0.2) is 26.2 Å². The fraction of sp³-hybridized carbons (Fsp3) is 0.429. The summed E-state index contributed by atoms with van der Waals surface area (Å²) in [7, 11) is -3.90. The number of fused-ring (bicyclic) bond motifs is 1. The Hall–Kier alpha value is -1.44. The summed E-state index contributed by atoms with van der Waals surface area (Å²) in [4.78, 5) is -0.0686. The van der Waals surface area contributed by atoms with Crippen LogP contribution in [0.4, 0.5) is 4.39 Å². The molecule has 116 valence electrons. The van der Waals surface area contributed by atoms with Gasteiger partial charge in [0.15, 0.2) is 0 Å². The average Bonchev–Trinajstić information content (AvgIpc) is 2.72. The molecule has 0 amide bonds. The maximum absolute atomic E-state index is 13.3. The second-order valence-electron chi connectivity index (χ2n) is 5.36. The Bertz CT molecular complexity index is 738. The molecule has 5 nitrogen and oxygen atoms in total. The molecule has 2 rings (SSSR count). The molecule has 0 bridgehead atoms. The lowest BCUT2D eigenvalue weighted by Crippen LogP contribution is -2.12. The van der Waals surface area contributed by atoms with Gasteiger partial charge in [0, 0.05) is 30.3 Å². The maximum atomic E-state index is 13.3. The monoisotopic (exact) mass is 314 g/mol. The van der Waals surface area contributed by atoms with Gasteiger partial charge in [-0.2, -0.15) is 0 Å². The predicted octanol–water partition coefficient (Wildman–Crippen LogP) is 2.10. The Morgan fingerprint density at radius 2 is 2.10 bits per heavy atom. The van der Waals surface area contributed by atoms with Gasteiger partial charge in [-0.3, -0.25) is 0 Å². The number of nitrogens with two attached hydrogens (primary N) is 1. The first-order chi connectivity index (χ1) is 9.79. The summed E-state index contributed by atoms with van der Waals surface area (Å²) in [6, 6.07) is 4.02. The molecule has 0 radical (unpaired) electrons. The zero-order chi connectivity index (χ0) is 15.6. The predicted molar refractivity (Wildman–Crippen MR) is 78.9 cm³/mol. The van der Waals surface area contributed by atoms with Gasteiger partial charge in [-0.25, -0.2) is 17.9 Å². The van der Waals surface area contributed by atoms with Crippen LogP contribution in [0, 0.1) is 11.7 Å². The van der Waals surface area contributed by atoms with Crippen LogP contribution >= 0.6 is 0 Å². The van der Waals surface area contributed by atoms with Gasteiger partial charge in [0.1, 0.15) is 10.7 Å². The third-order valence-corrected chi connectivity index (χ3v) is 3.98. The Balaban J connectivity index is 2.32. The number of benzene rings is 1. The van der Waals surface area contributed by atoms with E-state index in [0.29, 0.717) is 36.6 Å². The number of primary sulfonamides is 1. The lowest BCUT2D eigenvalue weighted by molar-refractivity contribution is 0.104. The summed E-state index contributed by atoms with van der Waals surface area (Å²) in [5.74, 6) is -0.0679. The third kappa shape index (κ3) is 3.81. The van der Waals surface area contributed by atoms with Crippen LogP contribution in [0.3, 0.4) is 0 Å². The molecule has 1 heterocycles. The normalized spacial score (nSPS) is 12.4. The summed E-state index contributed by atoms with van der Waals surface area (Å²) in [6.07, 6.45) is 1.43. The van der Waals surface area contributed by atoms with Crippen molar-refractivity contribution in [2.75, 3.05) is 13.2 Å². The van der Waals surface area contributed by atoms with Crippen LogP contribution < -0.4 is 5.14 Å². The Morgan fingerprint density at radius 3 is 2.71 bits per heavy atom. The van der Waals surface area contributed by atoms with Crippen molar-refractivity contribution < 1.29 is 17.5 Å². The second kappa shape index (κ2) is 6.13. The topological polar surface area (TPSA) is 74.3 Å². The van der Waals surface area contributed by atoms with Gasteiger partial charge >= 0.3 is 0 Å². The quantitative estimate of drug-likeness (QED) is 0.830. The van der Waals surface area contributed by atoms with Gasteiger partial charge in [-0.1, -0.05) is 13.8 Å². The van der Waals surface area contributed by atoms with Crippen molar-refractivity contribution in [2.45, 2.75) is 25.3 Å². The average molecular weight is 314 g/mol. The molecule has 2 N–H and O–H groups in total. The van der Waals surface area contributed by atoms with Crippen molar-refractivity contribution in [3.63, 3.8) is 0 Å². The molecule has 0 aliphatic heterocycles. The van der Waals surface area contributed by atoms with E-state index < -0.39 is 15.8 Å². The van der Waals surface area contributed by atoms with E-state index in [9.17, 15) is 12.8 Å². The summed E-state index contributed by atoms with van der Waals surface area (Å²) in [5.41, 5.74) is 0.619. The fourth-order valence-electron chi connectivity index (χ4n) is 2.13. The maximum Gasteiger partial charge on any atom is 0.240 e. The number of sulfonamides is 1. The van der Waals surface area contributed by atoms with Gasteiger partial charge < -0.3 is 9.30 Å². The van der Waals surface area contributed by atoms with E-state index in [1.54, 1.807) is 10.6 Å². The summed E-state index contributed by atoms with van der Waals surface area (Å²) >= 11 is 0. The number of nitrogens with zero attached hydrogens (tertiary/aromatic N) is 1. The molecule has 2 aromatic rings. The number of ether oxygens (including phenoxy) is 1. The van der Waals surface area contributed by atoms with Gasteiger partial charge in [-0.05, 0) is 24.1 Å². The lowest BCUT2D eigenvalue weighted by atomic mass is 10.2. The molecule has 1 aromatic heterocycles. The molecule has 0 aliphatic carbocycles. The lowest BCUT2D eigenvalue weighted by Gasteiger charge is -2.08. The number of hydrogen-bond acceptors (Lipinski definition) is 3. The van der Waals surface area contributed by atoms with Crippen LogP contribution in [0.15, 0.2) is 29.3 Å². The summed E-state index contributed by atoms with van der Waals surface area (Å²) in [5, 5.41) is 5.48. The molecule has 0 fully saturated rings. The van der Waals surface area contributed by atoms with E-state index >= 15 is 0 Å². The number of halogens is 1. The van der Waals surface area contributed by atoms with Gasteiger partial charge in [0.25, 0.3) is 0 Å². The van der Waals surface area contributed by atoms with Crippen molar-refractivity contribution in [1.29, 1.82) is 0 Å².